The second kappa shape index (κ2) is 6.83. The molecule has 1 atom stereocenters. The van der Waals surface area contributed by atoms with Crippen molar-refractivity contribution in [2.75, 3.05) is 12.4 Å². The number of hydrogen-bond acceptors (Lipinski definition) is 5. The first-order valence-electron chi connectivity index (χ1n) is 8.88. The van der Waals surface area contributed by atoms with E-state index in [1.54, 1.807) is 37.8 Å². The number of ether oxygens (including phenoxy) is 1. The fraction of sp³-hybridized carbons (Fsp3) is 0.300. The SMILES string of the molecule is COc1ncccc1NC(=O)C1(C)CCc2[nH]nc(-c3ccncc3)c2C1. The van der Waals surface area contributed by atoms with Crippen LogP contribution in [0.25, 0.3) is 11.3 Å². The lowest BCUT2D eigenvalue weighted by Crippen LogP contribution is -2.38. The van der Waals surface area contributed by atoms with Crippen LogP contribution in [0.15, 0.2) is 42.9 Å². The monoisotopic (exact) mass is 363 g/mol. The smallest absolute Gasteiger partial charge is 0.237 e. The molecule has 3 aromatic rings. The Labute approximate surface area is 157 Å². The van der Waals surface area contributed by atoms with Crippen molar-refractivity contribution in [2.24, 2.45) is 5.41 Å². The van der Waals surface area contributed by atoms with Crippen LogP contribution >= 0.6 is 0 Å². The van der Waals surface area contributed by atoms with E-state index < -0.39 is 5.41 Å². The molecule has 1 aliphatic carbocycles. The molecule has 0 saturated heterocycles. The molecular weight excluding hydrogens is 342 g/mol. The number of pyridine rings is 2. The van der Waals surface area contributed by atoms with Crippen LogP contribution in [0, 0.1) is 5.41 Å². The molecule has 3 heterocycles. The van der Waals surface area contributed by atoms with Gasteiger partial charge in [-0.3, -0.25) is 14.9 Å². The topological polar surface area (TPSA) is 92.8 Å². The highest BCUT2D eigenvalue weighted by molar-refractivity contribution is 5.96. The van der Waals surface area contributed by atoms with E-state index in [0.717, 1.165) is 35.4 Å². The van der Waals surface area contributed by atoms with Gasteiger partial charge in [-0.25, -0.2) is 4.98 Å². The maximum absolute atomic E-state index is 13.1. The Hall–Kier alpha value is -3.22. The van der Waals surface area contributed by atoms with E-state index in [-0.39, 0.29) is 5.91 Å². The lowest BCUT2D eigenvalue weighted by molar-refractivity contribution is -0.125. The van der Waals surface area contributed by atoms with Crippen LogP contribution in [-0.4, -0.2) is 33.2 Å². The van der Waals surface area contributed by atoms with Gasteiger partial charge < -0.3 is 10.1 Å². The van der Waals surface area contributed by atoms with Gasteiger partial charge in [0.15, 0.2) is 0 Å². The molecule has 1 amide bonds. The van der Waals surface area contributed by atoms with E-state index in [1.807, 2.05) is 19.1 Å². The predicted octanol–water partition coefficient (Wildman–Crippen LogP) is 3.01. The van der Waals surface area contributed by atoms with Crippen molar-refractivity contribution in [3.05, 3.63) is 54.1 Å². The number of carbonyl (C=O) groups excluding carboxylic acids is 1. The molecule has 0 spiro atoms. The summed E-state index contributed by atoms with van der Waals surface area (Å²) in [6.45, 7) is 2.00. The number of amides is 1. The van der Waals surface area contributed by atoms with Crippen LogP contribution < -0.4 is 10.1 Å². The van der Waals surface area contributed by atoms with Crippen LogP contribution in [0.3, 0.4) is 0 Å². The zero-order chi connectivity index (χ0) is 18.9. The Morgan fingerprint density at radius 2 is 2.07 bits per heavy atom. The molecule has 0 bridgehead atoms. The van der Waals surface area contributed by atoms with E-state index in [4.69, 9.17) is 4.74 Å². The van der Waals surface area contributed by atoms with E-state index in [0.29, 0.717) is 18.0 Å². The van der Waals surface area contributed by atoms with Crippen LogP contribution in [0.1, 0.15) is 24.6 Å². The van der Waals surface area contributed by atoms with Crippen LogP contribution in [0.4, 0.5) is 5.69 Å². The molecule has 0 fully saturated rings. The molecule has 0 radical (unpaired) electrons. The number of aromatic nitrogens is 4. The normalized spacial score (nSPS) is 18.6. The number of hydrogen-bond donors (Lipinski definition) is 2. The summed E-state index contributed by atoms with van der Waals surface area (Å²) in [5, 5.41) is 10.6. The van der Waals surface area contributed by atoms with Crippen LogP contribution in [0.2, 0.25) is 0 Å². The standard InChI is InChI=1S/C20H21N5O2/c1-20(19(26)23-16-4-3-9-22-18(16)27-2)8-5-15-14(12-20)17(25-24-15)13-6-10-21-11-7-13/h3-4,6-7,9-11H,5,8,12H2,1-2H3,(H,23,26)(H,24,25). The maximum atomic E-state index is 13.1. The van der Waals surface area contributed by atoms with Gasteiger partial charge in [-0.2, -0.15) is 5.10 Å². The van der Waals surface area contributed by atoms with Crippen LogP contribution in [-0.2, 0) is 17.6 Å². The Bertz CT molecular complexity index is 970. The van der Waals surface area contributed by atoms with Crippen molar-refractivity contribution < 1.29 is 9.53 Å². The number of methoxy groups -OCH3 is 1. The number of aryl methyl sites for hydroxylation is 1. The summed E-state index contributed by atoms with van der Waals surface area (Å²) in [5.41, 5.74) is 4.14. The molecule has 3 aromatic heterocycles. The molecule has 2 N–H and O–H groups in total. The lowest BCUT2D eigenvalue weighted by Gasteiger charge is -2.32. The third-order valence-electron chi connectivity index (χ3n) is 5.16. The fourth-order valence-electron chi connectivity index (χ4n) is 3.54. The zero-order valence-electron chi connectivity index (χ0n) is 15.3. The summed E-state index contributed by atoms with van der Waals surface area (Å²) in [7, 11) is 1.54. The molecule has 1 aliphatic rings. The average molecular weight is 363 g/mol. The number of carbonyl (C=O) groups is 1. The lowest BCUT2D eigenvalue weighted by atomic mass is 9.73. The Morgan fingerprint density at radius 1 is 1.26 bits per heavy atom. The summed E-state index contributed by atoms with van der Waals surface area (Å²) >= 11 is 0. The van der Waals surface area contributed by atoms with Gasteiger partial charge in [0.1, 0.15) is 5.69 Å². The van der Waals surface area contributed by atoms with Gasteiger partial charge in [0.05, 0.1) is 18.2 Å². The number of H-pyrrole nitrogens is 1. The van der Waals surface area contributed by atoms with Gasteiger partial charge in [0, 0.05) is 35.4 Å². The Morgan fingerprint density at radius 3 is 2.85 bits per heavy atom. The first kappa shape index (κ1) is 17.2. The van der Waals surface area contributed by atoms with Gasteiger partial charge >= 0.3 is 0 Å². The number of rotatable bonds is 4. The minimum absolute atomic E-state index is 0.0404. The van der Waals surface area contributed by atoms with E-state index in [2.05, 4.69) is 25.5 Å². The quantitative estimate of drug-likeness (QED) is 0.743. The minimum Gasteiger partial charge on any atom is -0.480 e. The predicted molar refractivity (Wildman–Crippen MR) is 101 cm³/mol. The second-order valence-corrected chi connectivity index (χ2v) is 7.02. The summed E-state index contributed by atoms with van der Waals surface area (Å²) < 4.78 is 5.24. The van der Waals surface area contributed by atoms with Gasteiger partial charge in [-0.05, 0) is 43.5 Å². The highest BCUT2D eigenvalue weighted by Gasteiger charge is 2.39. The summed E-state index contributed by atoms with van der Waals surface area (Å²) in [6.07, 6.45) is 7.27. The zero-order valence-corrected chi connectivity index (χ0v) is 15.3. The minimum atomic E-state index is -0.542. The molecule has 7 heteroatoms. The van der Waals surface area contributed by atoms with Crippen molar-refractivity contribution in [1.82, 2.24) is 20.2 Å². The highest BCUT2D eigenvalue weighted by Crippen LogP contribution is 2.39. The fourth-order valence-corrected chi connectivity index (χ4v) is 3.54. The van der Waals surface area contributed by atoms with Crippen molar-refractivity contribution in [3.8, 4) is 17.1 Å². The molecule has 0 aromatic carbocycles. The van der Waals surface area contributed by atoms with E-state index >= 15 is 0 Å². The van der Waals surface area contributed by atoms with Crippen molar-refractivity contribution in [2.45, 2.75) is 26.2 Å². The molecule has 7 nitrogen and oxygen atoms in total. The number of nitrogens with zero attached hydrogens (tertiary/aromatic N) is 3. The van der Waals surface area contributed by atoms with Gasteiger partial charge in [0.2, 0.25) is 11.8 Å². The molecule has 27 heavy (non-hydrogen) atoms. The maximum Gasteiger partial charge on any atom is 0.237 e. The first-order chi connectivity index (χ1) is 13.1. The van der Waals surface area contributed by atoms with Gasteiger partial charge in [-0.1, -0.05) is 6.92 Å². The number of nitrogens with one attached hydrogen (secondary N) is 2. The number of fused-ring (bicyclic) bond motifs is 1. The third kappa shape index (κ3) is 3.16. The van der Waals surface area contributed by atoms with Crippen molar-refractivity contribution in [1.29, 1.82) is 0 Å². The highest BCUT2D eigenvalue weighted by atomic mass is 16.5. The molecule has 1 unspecified atom stereocenters. The van der Waals surface area contributed by atoms with Gasteiger partial charge in [-0.15, -0.1) is 0 Å². The molecular formula is C20H21N5O2. The van der Waals surface area contributed by atoms with Crippen molar-refractivity contribution >= 4 is 11.6 Å². The number of anilines is 1. The van der Waals surface area contributed by atoms with E-state index in [1.165, 1.54) is 0 Å². The second-order valence-electron chi connectivity index (χ2n) is 7.02. The van der Waals surface area contributed by atoms with E-state index in [9.17, 15) is 4.79 Å². The summed E-state index contributed by atoms with van der Waals surface area (Å²) in [6, 6.07) is 7.44. The largest absolute Gasteiger partial charge is 0.480 e. The van der Waals surface area contributed by atoms with Gasteiger partial charge in [0.25, 0.3) is 0 Å². The molecule has 138 valence electrons. The Balaban J connectivity index is 1.61. The third-order valence-corrected chi connectivity index (χ3v) is 5.16. The van der Waals surface area contributed by atoms with Crippen LogP contribution in [0.5, 0.6) is 5.88 Å². The summed E-state index contributed by atoms with van der Waals surface area (Å²) in [5.74, 6) is 0.369. The molecule has 0 aliphatic heterocycles. The first-order valence-corrected chi connectivity index (χ1v) is 8.88. The number of aromatic amines is 1. The summed E-state index contributed by atoms with van der Waals surface area (Å²) in [4.78, 5) is 21.3. The average Bonchev–Trinajstić information content (AvgIpc) is 3.11. The molecule has 0 saturated carbocycles. The molecule has 4 rings (SSSR count). The van der Waals surface area contributed by atoms with Crippen molar-refractivity contribution in [3.63, 3.8) is 0 Å². The Kier molecular flexibility index (Phi) is 4.35.